The molecule has 144 valence electrons. The number of ether oxygens (including phenoxy) is 1. The molecule has 0 bridgehead atoms. The molecule has 4 aromatic rings. The van der Waals surface area contributed by atoms with Gasteiger partial charge in [-0.3, -0.25) is 0 Å². The molecule has 0 unspecified atom stereocenters. The Kier molecular flexibility index (Phi) is 4.96. The van der Waals surface area contributed by atoms with E-state index in [9.17, 15) is 5.11 Å². The molecule has 1 aromatic heterocycles. The van der Waals surface area contributed by atoms with Gasteiger partial charge in [0.1, 0.15) is 11.5 Å². The van der Waals surface area contributed by atoms with Gasteiger partial charge in [-0.05, 0) is 37.1 Å². The summed E-state index contributed by atoms with van der Waals surface area (Å²) in [5.74, 6) is 2.18. The van der Waals surface area contributed by atoms with Gasteiger partial charge in [-0.25, -0.2) is 15.0 Å². The Morgan fingerprint density at radius 1 is 0.655 bits per heavy atom. The lowest BCUT2D eigenvalue weighted by Crippen LogP contribution is -2.02. The second-order valence-electron chi connectivity index (χ2n) is 6.82. The van der Waals surface area contributed by atoms with E-state index in [-0.39, 0.29) is 5.75 Å². The first-order chi connectivity index (χ1) is 14.1. The highest BCUT2D eigenvalue weighted by atomic mass is 16.5. The molecule has 0 fully saturated rings. The van der Waals surface area contributed by atoms with Gasteiger partial charge < -0.3 is 9.84 Å². The average Bonchev–Trinajstić information content (AvgIpc) is 2.74. The minimum Gasteiger partial charge on any atom is -0.507 e. The van der Waals surface area contributed by atoms with Crippen LogP contribution in [0.15, 0.2) is 66.7 Å². The topological polar surface area (TPSA) is 68.1 Å². The van der Waals surface area contributed by atoms with Crippen molar-refractivity contribution in [2.75, 3.05) is 7.11 Å². The van der Waals surface area contributed by atoms with Gasteiger partial charge in [0, 0.05) is 17.2 Å². The van der Waals surface area contributed by atoms with Gasteiger partial charge in [-0.2, -0.15) is 0 Å². The smallest absolute Gasteiger partial charge is 0.167 e. The molecule has 1 heterocycles. The summed E-state index contributed by atoms with van der Waals surface area (Å²) in [6, 6.07) is 21.0. The van der Waals surface area contributed by atoms with E-state index < -0.39 is 0 Å². The number of benzene rings is 3. The molecule has 5 heteroatoms. The molecule has 0 aliphatic rings. The standard InChI is InChI=1S/C24H21N3O2/c1-15-8-4-6-10-18(15)22-25-23(19-11-7-5-9-16(19)2)27-24(26-22)20-13-12-17(29-3)14-21(20)28/h4-14,28H,1-3H3. The number of aryl methyl sites for hydroxylation is 2. The fourth-order valence-corrected chi connectivity index (χ4v) is 3.21. The van der Waals surface area contributed by atoms with Crippen LogP contribution >= 0.6 is 0 Å². The van der Waals surface area contributed by atoms with Crippen LogP contribution in [0.3, 0.4) is 0 Å². The van der Waals surface area contributed by atoms with E-state index in [1.807, 2.05) is 62.4 Å². The maximum absolute atomic E-state index is 10.5. The predicted octanol–water partition coefficient (Wildman–Crippen LogP) is 5.20. The number of aromatic nitrogens is 3. The Labute approximate surface area is 169 Å². The SMILES string of the molecule is COc1ccc(-c2nc(-c3ccccc3C)nc(-c3ccccc3C)n2)c(O)c1. The zero-order valence-corrected chi connectivity index (χ0v) is 16.5. The minimum absolute atomic E-state index is 0.0574. The van der Waals surface area contributed by atoms with Crippen molar-refractivity contribution < 1.29 is 9.84 Å². The van der Waals surface area contributed by atoms with Gasteiger partial charge in [-0.15, -0.1) is 0 Å². The van der Waals surface area contributed by atoms with Crippen LogP contribution < -0.4 is 4.74 Å². The monoisotopic (exact) mass is 383 g/mol. The fourth-order valence-electron chi connectivity index (χ4n) is 3.21. The molecule has 0 aliphatic carbocycles. The Morgan fingerprint density at radius 3 is 1.59 bits per heavy atom. The summed E-state index contributed by atoms with van der Waals surface area (Å²) in [6.45, 7) is 4.05. The highest BCUT2D eigenvalue weighted by Gasteiger charge is 2.16. The first-order valence-corrected chi connectivity index (χ1v) is 9.32. The first-order valence-electron chi connectivity index (χ1n) is 9.32. The second-order valence-corrected chi connectivity index (χ2v) is 6.82. The molecule has 3 aromatic carbocycles. The lowest BCUT2D eigenvalue weighted by atomic mass is 10.1. The van der Waals surface area contributed by atoms with Crippen molar-refractivity contribution in [3.8, 4) is 45.7 Å². The summed E-state index contributed by atoms with van der Waals surface area (Å²) in [6.07, 6.45) is 0. The third kappa shape index (κ3) is 3.67. The van der Waals surface area contributed by atoms with Gasteiger partial charge in [0.15, 0.2) is 17.5 Å². The van der Waals surface area contributed by atoms with Crippen molar-refractivity contribution in [2.24, 2.45) is 0 Å². The average molecular weight is 383 g/mol. The van der Waals surface area contributed by atoms with E-state index in [1.54, 1.807) is 25.3 Å². The Morgan fingerprint density at radius 2 is 1.14 bits per heavy atom. The highest BCUT2D eigenvalue weighted by molar-refractivity contribution is 5.72. The molecule has 29 heavy (non-hydrogen) atoms. The summed E-state index contributed by atoms with van der Waals surface area (Å²) in [5, 5.41) is 10.5. The number of rotatable bonds is 4. The van der Waals surface area contributed by atoms with Crippen LogP contribution in [0.4, 0.5) is 0 Å². The van der Waals surface area contributed by atoms with Crippen LogP contribution in [-0.4, -0.2) is 27.2 Å². The minimum atomic E-state index is 0.0574. The summed E-state index contributed by atoms with van der Waals surface area (Å²) in [5.41, 5.74) is 4.52. The van der Waals surface area contributed by atoms with Gasteiger partial charge in [0.05, 0.1) is 12.7 Å². The number of hydrogen-bond acceptors (Lipinski definition) is 5. The molecular formula is C24H21N3O2. The number of aromatic hydroxyl groups is 1. The van der Waals surface area contributed by atoms with Gasteiger partial charge >= 0.3 is 0 Å². The lowest BCUT2D eigenvalue weighted by molar-refractivity contribution is 0.408. The van der Waals surface area contributed by atoms with E-state index in [1.165, 1.54) is 0 Å². The van der Waals surface area contributed by atoms with E-state index in [0.29, 0.717) is 28.8 Å². The summed E-state index contributed by atoms with van der Waals surface area (Å²) in [4.78, 5) is 14.1. The summed E-state index contributed by atoms with van der Waals surface area (Å²) >= 11 is 0. The fraction of sp³-hybridized carbons (Fsp3) is 0.125. The molecule has 1 N–H and O–H groups in total. The molecule has 5 nitrogen and oxygen atoms in total. The molecule has 0 aliphatic heterocycles. The molecule has 0 saturated heterocycles. The van der Waals surface area contributed by atoms with Crippen molar-refractivity contribution >= 4 is 0 Å². The number of hydrogen-bond donors (Lipinski definition) is 1. The second kappa shape index (κ2) is 7.72. The van der Waals surface area contributed by atoms with Crippen LogP contribution in [0.5, 0.6) is 11.5 Å². The van der Waals surface area contributed by atoms with Crippen LogP contribution in [0.2, 0.25) is 0 Å². The lowest BCUT2D eigenvalue weighted by Gasteiger charge is -2.12. The van der Waals surface area contributed by atoms with Crippen molar-refractivity contribution in [3.05, 3.63) is 77.9 Å². The molecule has 0 radical (unpaired) electrons. The van der Waals surface area contributed by atoms with E-state index >= 15 is 0 Å². The normalized spacial score (nSPS) is 10.7. The van der Waals surface area contributed by atoms with E-state index in [4.69, 9.17) is 9.72 Å². The maximum Gasteiger partial charge on any atom is 0.167 e. The first kappa shape index (κ1) is 18.6. The van der Waals surface area contributed by atoms with Crippen LogP contribution in [0.25, 0.3) is 34.2 Å². The van der Waals surface area contributed by atoms with Crippen LogP contribution in [0.1, 0.15) is 11.1 Å². The quantitative estimate of drug-likeness (QED) is 0.524. The van der Waals surface area contributed by atoms with E-state index in [0.717, 1.165) is 22.3 Å². The number of phenolic OH excluding ortho intramolecular Hbond substituents is 1. The Bertz CT molecular complexity index is 1120. The number of phenols is 1. The van der Waals surface area contributed by atoms with Crippen LogP contribution in [-0.2, 0) is 0 Å². The molecule has 0 saturated carbocycles. The van der Waals surface area contributed by atoms with Crippen LogP contribution in [0, 0.1) is 13.8 Å². The zero-order chi connectivity index (χ0) is 20.4. The van der Waals surface area contributed by atoms with E-state index in [2.05, 4.69) is 9.97 Å². The van der Waals surface area contributed by atoms with Gasteiger partial charge in [-0.1, -0.05) is 48.5 Å². The largest absolute Gasteiger partial charge is 0.507 e. The number of nitrogens with zero attached hydrogens (tertiary/aromatic N) is 3. The maximum atomic E-state index is 10.5. The summed E-state index contributed by atoms with van der Waals surface area (Å²) in [7, 11) is 1.56. The van der Waals surface area contributed by atoms with Gasteiger partial charge in [0.25, 0.3) is 0 Å². The molecule has 0 spiro atoms. The molecule has 0 atom stereocenters. The van der Waals surface area contributed by atoms with Crippen molar-refractivity contribution in [2.45, 2.75) is 13.8 Å². The molecule has 4 rings (SSSR count). The van der Waals surface area contributed by atoms with Crippen molar-refractivity contribution in [3.63, 3.8) is 0 Å². The molecular weight excluding hydrogens is 362 g/mol. The third-order valence-electron chi connectivity index (χ3n) is 4.85. The zero-order valence-electron chi connectivity index (χ0n) is 16.5. The highest BCUT2D eigenvalue weighted by Crippen LogP contribution is 2.33. The summed E-state index contributed by atoms with van der Waals surface area (Å²) < 4.78 is 5.19. The predicted molar refractivity (Wildman–Crippen MR) is 114 cm³/mol. The Hall–Kier alpha value is -3.73. The third-order valence-corrected chi connectivity index (χ3v) is 4.85. The van der Waals surface area contributed by atoms with Crippen molar-refractivity contribution in [1.82, 2.24) is 15.0 Å². The van der Waals surface area contributed by atoms with Crippen molar-refractivity contribution in [1.29, 1.82) is 0 Å². The Balaban J connectivity index is 1.96. The molecule has 0 amide bonds. The number of methoxy groups -OCH3 is 1. The van der Waals surface area contributed by atoms with Gasteiger partial charge in [0.2, 0.25) is 0 Å².